The lowest BCUT2D eigenvalue weighted by atomic mass is 10.2. The molecule has 0 heterocycles. The maximum atomic E-state index is 11.4. The Labute approximate surface area is 99.1 Å². The molecule has 0 fully saturated rings. The van der Waals surface area contributed by atoms with Gasteiger partial charge >= 0.3 is 11.9 Å². The summed E-state index contributed by atoms with van der Waals surface area (Å²) < 4.78 is 9.29. The molecule has 0 aliphatic rings. The smallest absolute Gasteiger partial charge is 0.349 e. The van der Waals surface area contributed by atoms with Crippen molar-refractivity contribution < 1.29 is 19.1 Å². The van der Waals surface area contributed by atoms with Crippen molar-refractivity contribution in [2.24, 2.45) is 4.99 Å². The maximum absolute atomic E-state index is 11.4. The van der Waals surface area contributed by atoms with E-state index in [1.807, 2.05) is 0 Å². The highest BCUT2D eigenvalue weighted by molar-refractivity contribution is 6.24. The number of ether oxygens (including phenoxy) is 2. The third kappa shape index (κ3) is 3.71. The number of hydrogen-bond donors (Lipinski definition) is 0. The molecule has 0 saturated carbocycles. The maximum Gasteiger partial charge on any atom is 0.349 e. The average molecular weight is 235 g/mol. The van der Waals surface area contributed by atoms with E-state index < -0.39 is 11.9 Å². The van der Waals surface area contributed by atoms with Crippen molar-refractivity contribution in [2.75, 3.05) is 13.7 Å². The van der Waals surface area contributed by atoms with Crippen LogP contribution in [0.5, 0.6) is 0 Å². The summed E-state index contributed by atoms with van der Waals surface area (Å²) in [4.78, 5) is 26.4. The van der Waals surface area contributed by atoms with Crippen LogP contribution >= 0.6 is 0 Å². The van der Waals surface area contributed by atoms with Crippen molar-refractivity contribution in [2.45, 2.75) is 6.92 Å². The van der Waals surface area contributed by atoms with Gasteiger partial charge in [0, 0.05) is 0 Å². The van der Waals surface area contributed by atoms with Gasteiger partial charge < -0.3 is 9.47 Å². The van der Waals surface area contributed by atoms with Gasteiger partial charge in [-0.25, -0.2) is 14.6 Å². The molecule has 0 N–H and O–H groups in total. The van der Waals surface area contributed by atoms with Crippen LogP contribution in [0.2, 0.25) is 0 Å². The third-order valence-electron chi connectivity index (χ3n) is 1.90. The van der Waals surface area contributed by atoms with Crippen LogP contribution in [0.3, 0.4) is 0 Å². The summed E-state index contributed by atoms with van der Waals surface area (Å²) in [6, 6.07) is 6.59. The Morgan fingerprint density at radius 2 is 2.06 bits per heavy atom. The Balaban J connectivity index is 2.91. The highest BCUT2D eigenvalue weighted by atomic mass is 16.5. The second-order valence-corrected chi connectivity index (χ2v) is 3.02. The van der Waals surface area contributed by atoms with Crippen molar-refractivity contribution in [1.29, 1.82) is 0 Å². The van der Waals surface area contributed by atoms with Gasteiger partial charge in [-0.3, -0.25) is 0 Å². The average Bonchev–Trinajstić information content (AvgIpc) is 2.36. The van der Waals surface area contributed by atoms with Crippen LogP contribution in [0.1, 0.15) is 17.3 Å². The summed E-state index contributed by atoms with van der Waals surface area (Å²) in [6.45, 7) is 1.98. The highest BCUT2D eigenvalue weighted by Gasteiger charge is 2.09. The lowest BCUT2D eigenvalue weighted by molar-refractivity contribution is -0.134. The van der Waals surface area contributed by atoms with Gasteiger partial charge in [-0.1, -0.05) is 12.1 Å². The van der Waals surface area contributed by atoms with Gasteiger partial charge in [0.05, 0.1) is 25.0 Å². The van der Waals surface area contributed by atoms with E-state index in [2.05, 4.69) is 14.5 Å². The van der Waals surface area contributed by atoms with Gasteiger partial charge in [0.1, 0.15) is 6.21 Å². The fourth-order valence-corrected chi connectivity index (χ4v) is 1.17. The predicted molar refractivity (Wildman–Crippen MR) is 62.6 cm³/mol. The van der Waals surface area contributed by atoms with Gasteiger partial charge in [0.15, 0.2) is 0 Å². The first-order valence-corrected chi connectivity index (χ1v) is 5.07. The van der Waals surface area contributed by atoms with E-state index in [0.29, 0.717) is 11.3 Å². The molecule has 0 spiro atoms. The summed E-state index contributed by atoms with van der Waals surface area (Å²) in [5.41, 5.74) is 0.669. The largest absolute Gasteiger partial charge is 0.465 e. The molecule has 1 rings (SSSR count). The monoisotopic (exact) mass is 235 g/mol. The Hall–Kier alpha value is -2.17. The van der Waals surface area contributed by atoms with Gasteiger partial charge in [-0.15, -0.1) is 0 Å². The Kier molecular flexibility index (Phi) is 4.87. The van der Waals surface area contributed by atoms with Gasteiger partial charge in [-0.2, -0.15) is 0 Å². The Bertz CT molecular complexity index is 440. The second-order valence-electron chi connectivity index (χ2n) is 3.02. The van der Waals surface area contributed by atoms with Crippen molar-refractivity contribution >= 4 is 23.8 Å². The zero-order valence-corrected chi connectivity index (χ0v) is 9.67. The number of hydrogen-bond acceptors (Lipinski definition) is 5. The van der Waals surface area contributed by atoms with Crippen LogP contribution in [0.25, 0.3) is 0 Å². The van der Waals surface area contributed by atoms with Crippen molar-refractivity contribution in [3.05, 3.63) is 29.8 Å². The number of methoxy groups -OCH3 is 1. The van der Waals surface area contributed by atoms with E-state index in [1.54, 1.807) is 31.2 Å². The summed E-state index contributed by atoms with van der Waals surface area (Å²) in [5.74, 6) is -1.05. The minimum atomic E-state index is -0.549. The molecule has 0 unspecified atom stereocenters. The molecule has 0 bridgehead atoms. The van der Waals surface area contributed by atoms with Crippen LogP contribution < -0.4 is 0 Å². The van der Waals surface area contributed by atoms with Crippen molar-refractivity contribution in [3.8, 4) is 0 Å². The first-order valence-electron chi connectivity index (χ1n) is 5.07. The topological polar surface area (TPSA) is 65.0 Å². The molecular weight excluding hydrogens is 222 g/mol. The summed E-state index contributed by atoms with van der Waals surface area (Å²) in [7, 11) is 1.29. The molecule has 17 heavy (non-hydrogen) atoms. The predicted octanol–water partition coefficient (Wildman–Crippen LogP) is 1.74. The first-order chi connectivity index (χ1) is 8.19. The molecule has 0 amide bonds. The minimum Gasteiger partial charge on any atom is -0.465 e. The zero-order chi connectivity index (χ0) is 12.7. The fraction of sp³-hybridized carbons (Fsp3) is 0.250. The fourth-order valence-electron chi connectivity index (χ4n) is 1.17. The SMILES string of the molecule is CCOC(=O)C=Nc1ccccc1C(=O)OC. The molecule has 5 heteroatoms. The summed E-state index contributed by atoms with van der Waals surface area (Å²) >= 11 is 0. The summed E-state index contributed by atoms with van der Waals surface area (Å²) in [6.07, 6.45) is 1.03. The third-order valence-corrected chi connectivity index (χ3v) is 1.90. The molecule has 1 aromatic carbocycles. The summed E-state index contributed by atoms with van der Waals surface area (Å²) in [5, 5.41) is 0. The van der Waals surface area contributed by atoms with Crippen LogP contribution in [0.4, 0.5) is 5.69 Å². The van der Waals surface area contributed by atoms with Gasteiger partial charge in [-0.05, 0) is 19.1 Å². The van der Waals surface area contributed by atoms with E-state index in [0.717, 1.165) is 6.21 Å². The van der Waals surface area contributed by atoms with Crippen molar-refractivity contribution in [3.63, 3.8) is 0 Å². The van der Waals surface area contributed by atoms with E-state index in [9.17, 15) is 9.59 Å². The van der Waals surface area contributed by atoms with Crippen LogP contribution in [-0.4, -0.2) is 31.9 Å². The molecule has 0 radical (unpaired) electrons. The second kappa shape index (κ2) is 6.42. The number of rotatable bonds is 4. The van der Waals surface area contributed by atoms with Crippen LogP contribution in [-0.2, 0) is 14.3 Å². The Morgan fingerprint density at radius 1 is 1.35 bits per heavy atom. The molecule has 1 aromatic rings. The van der Waals surface area contributed by atoms with E-state index in [1.165, 1.54) is 7.11 Å². The number of esters is 2. The molecule has 5 nitrogen and oxygen atoms in total. The van der Waals surface area contributed by atoms with Gasteiger partial charge in [0.2, 0.25) is 0 Å². The number of carbonyl (C=O) groups excluding carboxylic acids is 2. The standard InChI is InChI=1S/C12H13NO4/c1-3-17-11(14)8-13-10-7-5-4-6-9(10)12(15)16-2/h4-8H,3H2,1-2H3. The quantitative estimate of drug-likeness (QED) is 0.589. The highest BCUT2D eigenvalue weighted by Crippen LogP contribution is 2.18. The molecule has 0 saturated heterocycles. The minimum absolute atomic E-state index is 0.281. The lowest BCUT2D eigenvalue weighted by Crippen LogP contribution is -2.05. The Morgan fingerprint density at radius 3 is 2.71 bits per heavy atom. The number of nitrogens with zero attached hydrogens (tertiary/aromatic N) is 1. The van der Waals surface area contributed by atoms with E-state index >= 15 is 0 Å². The molecule has 0 aliphatic heterocycles. The van der Waals surface area contributed by atoms with Crippen LogP contribution in [0, 0.1) is 0 Å². The normalized spacial score (nSPS) is 10.2. The molecule has 0 atom stereocenters. The first kappa shape index (κ1) is 12.9. The van der Waals surface area contributed by atoms with Crippen molar-refractivity contribution in [1.82, 2.24) is 0 Å². The molecule has 0 aliphatic carbocycles. The molecular formula is C12H13NO4. The zero-order valence-electron chi connectivity index (χ0n) is 9.67. The van der Waals surface area contributed by atoms with E-state index in [4.69, 9.17) is 0 Å². The lowest BCUT2D eigenvalue weighted by Gasteiger charge is -2.02. The van der Waals surface area contributed by atoms with Gasteiger partial charge in [0.25, 0.3) is 0 Å². The van der Waals surface area contributed by atoms with Crippen LogP contribution in [0.15, 0.2) is 29.3 Å². The molecule has 90 valence electrons. The molecule has 0 aromatic heterocycles. The number of carbonyl (C=O) groups is 2. The van der Waals surface area contributed by atoms with E-state index in [-0.39, 0.29) is 6.61 Å². The number of benzene rings is 1. The number of aliphatic imine (C=N–C) groups is 1. The number of para-hydroxylation sites is 1.